The molecule has 0 radical (unpaired) electrons. The van der Waals surface area contributed by atoms with E-state index in [1.807, 2.05) is 6.92 Å². The highest BCUT2D eigenvalue weighted by Gasteiger charge is 2.34. The van der Waals surface area contributed by atoms with E-state index in [9.17, 15) is 19.8 Å². The smallest absolute Gasteiger partial charge is 0.255 e. The Balaban J connectivity index is 2.32. The van der Waals surface area contributed by atoms with Crippen LogP contribution < -0.4 is 5.32 Å². The van der Waals surface area contributed by atoms with E-state index in [0.29, 0.717) is 29.7 Å². The number of phenolic OH excluding ortho intramolecular Hbond substituents is 2. The number of aromatic hydroxyl groups is 2. The second-order valence-corrected chi connectivity index (χ2v) is 6.49. The Morgan fingerprint density at radius 1 is 0.960 bits per heavy atom. The molecule has 1 aliphatic carbocycles. The van der Waals surface area contributed by atoms with Gasteiger partial charge in [-0.05, 0) is 42.5 Å². The lowest BCUT2D eigenvalue weighted by Gasteiger charge is -2.09. The third kappa shape index (κ3) is 4.21. The van der Waals surface area contributed by atoms with Crippen molar-refractivity contribution in [2.75, 3.05) is 6.54 Å². The number of Topliss-reactive ketones (excluding diaryl/α,β-unsaturated/α-hetero) is 1. The Kier molecular flexibility index (Phi) is 6.62. The fraction of sp³-hybridized carbons (Fsp3) is 0.500. The lowest BCUT2D eigenvalue weighted by molar-refractivity contribution is -0.117. The molecule has 5 nitrogen and oxygen atoms in total. The molecule has 0 bridgehead atoms. The molecule has 0 saturated heterocycles. The quantitative estimate of drug-likeness (QED) is 0.359. The SMILES string of the molecule is CCCCCCC1=C(C(=O)NCCCC)C(=O)c2cc(O)c(O)cc21. The molecule has 1 aromatic carbocycles. The minimum atomic E-state index is -0.371. The van der Waals surface area contributed by atoms with Gasteiger partial charge in [-0.3, -0.25) is 9.59 Å². The van der Waals surface area contributed by atoms with Gasteiger partial charge in [-0.15, -0.1) is 0 Å². The monoisotopic (exact) mass is 345 g/mol. The Morgan fingerprint density at radius 3 is 2.24 bits per heavy atom. The second-order valence-electron chi connectivity index (χ2n) is 6.49. The summed E-state index contributed by atoms with van der Waals surface area (Å²) in [7, 11) is 0. The zero-order valence-electron chi connectivity index (χ0n) is 15.0. The Labute approximate surface area is 148 Å². The fourth-order valence-electron chi connectivity index (χ4n) is 3.12. The average molecular weight is 345 g/mol. The molecule has 3 N–H and O–H groups in total. The largest absolute Gasteiger partial charge is 0.504 e. The maximum absolute atomic E-state index is 12.7. The number of carbonyl (C=O) groups is 2. The van der Waals surface area contributed by atoms with Gasteiger partial charge in [0.2, 0.25) is 0 Å². The molecule has 25 heavy (non-hydrogen) atoms. The lowest BCUT2D eigenvalue weighted by Crippen LogP contribution is -2.28. The van der Waals surface area contributed by atoms with Crippen LogP contribution in [0.3, 0.4) is 0 Å². The van der Waals surface area contributed by atoms with Crippen molar-refractivity contribution in [1.82, 2.24) is 5.32 Å². The average Bonchev–Trinajstić information content (AvgIpc) is 2.84. The summed E-state index contributed by atoms with van der Waals surface area (Å²) in [5, 5.41) is 22.3. The van der Waals surface area contributed by atoms with Crippen molar-refractivity contribution in [3.05, 3.63) is 28.8 Å². The van der Waals surface area contributed by atoms with Crippen molar-refractivity contribution in [2.45, 2.75) is 58.8 Å². The summed E-state index contributed by atoms with van der Waals surface area (Å²) in [6.07, 6.45) is 6.54. The molecule has 0 aromatic heterocycles. The van der Waals surface area contributed by atoms with Crippen LogP contribution in [0.5, 0.6) is 11.5 Å². The number of allylic oxidation sites excluding steroid dienone is 1. The van der Waals surface area contributed by atoms with E-state index in [2.05, 4.69) is 12.2 Å². The molecule has 0 spiro atoms. The van der Waals surface area contributed by atoms with E-state index in [1.165, 1.54) is 12.1 Å². The van der Waals surface area contributed by atoms with Crippen molar-refractivity contribution < 1.29 is 19.8 Å². The van der Waals surface area contributed by atoms with Gasteiger partial charge in [0.15, 0.2) is 17.3 Å². The van der Waals surface area contributed by atoms with Crippen LogP contribution in [0.2, 0.25) is 0 Å². The highest BCUT2D eigenvalue weighted by atomic mass is 16.3. The summed E-state index contributed by atoms with van der Waals surface area (Å²) in [5.41, 5.74) is 1.70. The van der Waals surface area contributed by atoms with Gasteiger partial charge in [-0.2, -0.15) is 0 Å². The van der Waals surface area contributed by atoms with Gasteiger partial charge >= 0.3 is 0 Å². The molecule has 0 saturated carbocycles. The topological polar surface area (TPSA) is 86.6 Å². The Morgan fingerprint density at radius 2 is 1.60 bits per heavy atom. The van der Waals surface area contributed by atoms with Gasteiger partial charge < -0.3 is 15.5 Å². The van der Waals surface area contributed by atoms with Gasteiger partial charge in [0.05, 0.1) is 5.57 Å². The number of hydrogen-bond donors (Lipinski definition) is 3. The van der Waals surface area contributed by atoms with Crippen LogP contribution in [-0.4, -0.2) is 28.4 Å². The van der Waals surface area contributed by atoms with Crippen molar-refractivity contribution in [2.24, 2.45) is 0 Å². The Hall–Kier alpha value is -2.30. The summed E-state index contributed by atoms with van der Waals surface area (Å²) < 4.78 is 0. The predicted octanol–water partition coefficient (Wildman–Crippen LogP) is 3.93. The molecule has 136 valence electrons. The first-order valence-electron chi connectivity index (χ1n) is 9.13. The van der Waals surface area contributed by atoms with E-state index >= 15 is 0 Å². The van der Waals surface area contributed by atoms with Crippen LogP contribution in [0.1, 0.15) is 74.7 Å². The van der Waals surface area contributed by atoms with E-state index in [-0.39, 0.29) is 28.8 Å². The molecule has 0 unspecified atom stereocenters. The molecule has 1 aliphatic rings. The summed E-state index contributed by atoms with van der Waals surface area (Å²) in [4.78, 5) is 25.3. The summed E-state index contributed by atoms with van der Waals surface area (Å²) in [6.45, 7) is 4.69. The summed E-state index contributed by atoms with van der Waals surface area (Å²) >= 11 is 0. The number of carbonyl (C=O) groups excluding carboxylic acids is 2. The molecular formula is C20H27NO4. The molecule has 0 fully saturated rings. The number of fused-ring (bicyclic) bond motifs is 1. The summed E-state index contributed by atoms with van der Waals surface area (Å²) in [6, 6.07) is 2.65. The molecule has 5 heteroatoms. The van der Waals surface area contributed by atoms with Gasteiger partial charge in [-0.1, -0.05) is 39.5 Å². The van der Waals surface area contributed by atoms with Crippen LogP contribution in [-0.2, 0) is 4.79 Å². The van der Waals surface area contributed by atoms with Crippen LogP contribution in [0, 0.1) is 0 Å². The van der Waals surface area contributed by atoms with Gasteiger partial charge in [0.1, 0.15) is 0 Å². The number of amides is 1. The van der Waals surface area contributed by atoms with Gasteiger partial charge in [0.25, 0.3) is 5.91 Å². The van der Waals surface area contributed by atoms with Crippen LogP contribution in [0.25, 0.3) is 5.57 Å². The first-order chi connectivity index (χ1) is 12.0. The lowest BCUT2D eigenvalue weighted by atomic mass is 9.98. The van der Waals surface area contributed by atoms with Crippen LogP contribution in [0.4, 0.5) is 0 Å². The number of phenols is 2. The van der Waals surface area contributed by atoms with Crippen molar-refractivity contribution >= 4 is 17.3 Å². The highest BCUT2D eigenvalue weighted by molar-refractivity contribution is 6.34. The summed E-state index contributed by atoms with van der Waals surface area (Å²) in [5.74, 6) is -1.35. The number of ketones is 1. The number of benzene rings is 1. The molecule has 2 rings (SSSR count). The third-order valence-electron chi connectivity index (χ3n) is 4.54. The molecule has 1 amide bonds. The molecule has 0 heterocycles. The van der Waals surface area contributed by atoms with E-state index in [1.54, 1.807) is 0 Å². The first-order valence-corrected chi connectivity index (χ1v) is 9.13. The molecule has 0 atom stereocenters. The predicted molar refractivity (Wildman–Crippen MR) is 97.7 cm³/mol. The number of nitrogens with one attached hydrogen (secondary N) is 1. The minimum absolute atomic E-state index is 0.160. The van der Waals surface area contributed by atoms with E-state index < -0.39 is 0 Å². The van der Waals surface area contributed by atoms with Crippen molar-refractivity contribution in [3.8, 4) is 11.5 Å². The zero-order valence-corrected chi connectivity index (χ0v) is 15.0. The van der Waals surface area contributed by atoms with Crippen molar-refractivity contribution in [1.29, 1.82) is 0 Å². The standard InChI is InChI=1S/C20H27NO4/c1-3-5-7-8-9-13-14-11-16(22)17(23)12-15(14)19(24)18(13)20(25)21-10-6-4-2/h11-12,22-23H,3-10H2,1-2H3,(H,21,25). The van der Waals surface area contributed by atoms with Gasteiger partial charge in [-0.25, -0.2) is 0 Å². The first kappa shape index (κ1) is 19.0. The minimum Gasteiger partial charge on any atom is -0.504 e. The number of unbranched alkanes of at least 4 members (excludes halogenated alkanes) is 4. The second kappa shape index (κ2) is 8.70. The number of hydrogen-bond acceptors (Lipinski definition) is 4. The van der Waals surface area contributed by atoms with Crippen LogP contribution in [0.15, 0.2) is 17.7 Å². The molecular weight excluding hydrogens is 318 g/mol. The Bertz CT molecular complexity index is 691. The van der Waals surface area contributed by atoms with E-state index in [0.717, 1.165) is 38.5 Å². The van der Waals surface area contributed by atoms with E-state index in [4.69, 9.17) is 0 Å². The number of rotatable bonds is 9. The fourth-order valence-corrected chi connectivity index (χ4v) is 3.12. The zero-order chi connectivity index (χ0) is 18.4. The maximum atomic E-state index is 12.7. The van der Waals surface area contributed by atoms with Crippen molar-refractivity contribution in [3.63, 3.8) is 0 Å². The van der Waals surface area contributed by atoms with Gasteiger partial charge in [0, 0.05) is 12.1 Å². The maximum Gasteiger partial charge on any atom is 0.255 e. The normalized spacial score (nSPS) is 13.3. The third-order valence-corrected chi connectivity index (χ3v) is 4.54. The van der Waals surface area contributed by atoms with Crippen LogP contribution >= 0.6 is 0 Å². The highest BCUT2D eigenvalue weighted by Crippen LogP contribution is 2.41. The molecule has 1 aromatic rings. The molecule has 0 aliphatic heterocycles.